The van der Waals surface area contributed by atoms with Crippen molar-refractivity contribution in [1.82, 2.24) is 4.98 Å². The number of nitrogens with one attached hydrogen (secondary N) is 2. The number of anilines is 1. The molecule has 23 heavy (non-hydrogen) atoms. The third-order valence-corrected chi connectivity index (χ3v) is 3.24. The Kier molecular flexibility index (Phi) is 6.65. The highest BCUT2D eigenvalue weighted by molar-refractivity contribution is 6.31. The molecule has 0 atom stereocenters. The second kappa shape index (κ2) is 8.72. The van der Waals surface area contributed by atoms with E-state index in [0.29, 0.717) is 36.2 Å². The van der Waals surface area contributed by atoms with Gasteiger partial charge >= 0.3 is 0 Å². The predicted octanol–water partition coefficient (Wildman–Crippen LogP) is 3.86. The van der Waals surface area contributed by atoms with Crippen molar-refractivity contribution in [3.05, 3.63) is 52.8 Å². The summed E-state index contributed by atoms with van der Waals surface area (Å²) in [5.74, 6) is -0.236. The fourth-order valence-corrected chi connectivity index (χ4v) is 2.13. The zero-order valence-electron chi connectivity index (χ0n) is 13.3. The van der Waals surface area contributed by atoms with Crippen LogP contribution in [0.3, 0.4) is 0 Å². The van der Waals surface area contributed by atoms with Gasteiger partial charge in [0.25, 0.3) is 5.91 Å². The Balaban J connectivity index is 1.83. The number of halogens is 1. The molecular formula is C17H21ClN2O3. The standard InChI is InChI=1S/C17H21ClN2O3/c1-12(2)23-7-6-22-11-13-4-3-5-15(8-13)20-17(21)16-9-14(18)10-19-16/h3-5,8-10,12,19H,6-7,11H2,1-2H3,(H,20,21). The average Bonchev–Trinajstić information content (AvgIpc) is 2.94. The number of hydrogen-bond acceptors (Lipinski definition) is 3. The topological polar surface area (TPSA) is 63.4 Å². The van der Waals surface area contributed by atoms with Crippen LogP contribution in [0.15, 0.2) is 36.5 Å². The Hall–Kier alpha value is -1.82. The van der Waals surface area contributed by atoms with Gasteiger partial charge in [0.2, 0.25) is 0 Å². The summed E-state index contributed by atoms with van der Waals surface area (Å²) in [5, 5.41) is 3.32. The van der Waals surface area contributed by atoms with Crippen LogP contribution in [-0.4, -0.2) is 30.2 Å². The van der Waals surface area contributed by atoms with Gasteiger partial charge in [0.15, 0.2) is 0 Å². The maximum absolute atomic E-state index is 12.1. The van der Waals surface area contributed by atoms with Crippen molar-refractivity contribution in [3.63, 3.8) is 0 Å². The molecule has 0 aliphatic carbocycles. The number of H-pyrrole nitrogens is 1. The highest BCUT2D eigenvalue weighted by Gasteiger charge is 2.08. The molecule has 5 nitrogen and oxygen atoms in total. The highest BCUT2D eigenvalue weighted by atomic mass is 35.5. The number of benzene rings is 1. The molecule has 2 rings (SSSR count). The van der Waals surface area contributed by atoms with Crippen LogP contribution < -0.4 is 5.32 Å². The number of amides is 1. The van der Waals surface area contributed by atoms with Crippen molar-refractivity contribution < 1.29 is 14.3 Å². The lowest BCUT2D eigenvalue weighted by atomic mass is 10.2. The molecular weight excluding hydrogens is 316 g/mol. The first-order valence-corrected chi connectivity index (χ1v) is 7.86. The lowest BCUT2D eigenvalue weighted by Crippen LogP contribution is -2.12. The number of aromatic amines is 1. The number of carbonyl (C=O) groups is 1. The van der Waals surface area contributed by atoms with Gasteiger partial charge in [0.1, 0.15) is 5.69 Å². The van der Waals surface area contributed by atoms with Crippen molar-refractivity contribution >= 4 is 23.2 Å². The molecule has 0 spiro atoms. The lowest BCUT2D eigenvalue weighted by molar-refractivity contribution is 0.0143. The van der Waals surface area contributed by atoms with Crippen LogP contribution in [-0.2, 0) is 16.1 Å². The van der Waals surface area contributed by atoms with Gasteiger partial charge in [-0.2, -0.15) is 0 Å². The summed E-state index contributed by atoms with van der Waals surface area (Å²) < 4.78 is 11.0. The van der Waals surface area contributed by atoms with Gasteiger partial charge in [0, 0.05) is 11.9 Å². The number of aromatic nitrogens is 1. The summed E-state index contributed by atoms with van der Waals surface area (Å²) in [6.07, 6.45) is 1.78. The minimum Gasteiger partial charge on any atom is -0.376 e. The third-order valence-electron chi connectivity index (χ3n) is 3.02. The van der Waals surface area contributed by atoms with E-state index in [2.05, 4.69) is 10.3 Å². The van der Waals surface area contributed by atoms with Gasteiger partial charge in [0.05, 0.1) is 30.9 Å². The van der Waals surface area contributed by atoms with E-state index in [1.807, 2.05) is 38.1 Å². The maximum atomic E-state index is 12.1. The molecule has 0 fully saturated rings. The first-order valence-electron chi connectivity index (χ1n) is 7.48. The Labute approximate surface area is 140 Å². The molecule has 2 aromatic rings. The molecule has 6 heteroatoms. The molecule has 1 amide bonds. The summed E-state index contributed by atoms with van der Waals surface area (Å²) in [6, 6.07) is 9.11. The molecule has 0 bridgehead atoms. The van der Waals surface area contributed by atoms with Crippen LogP contribution >= 0.6 is 11.6 Å². The van der Waals surface area contributed by atoms with E-state index in [9.17, 15) is 4.79 Å². The SMILES string of the molecule is CC(C)OCCOCc1cccc(NC(=O)c2cc(Cl)c[nH]2)c1. The first-order chi connectivity index (χ1) is 11.0. The number of hydrogen-bond donors (Lipinski definition) is 2. The summed E-state index contributed by atoms with van der Waals surface area (Å²) >= 11 is 5.80. The monoisotopic (exact) mass is 336 g/mol. The summed E-state index contributed by atoms with van der Waals surface area (Å²) in [7, 11) is 0. The number of ether oxygens (including phenoxy) is 2. The quantitative estimate of drug-likeness (QED) is 0.719. The van der Waals surface area contributed by atoms with Crippen LogP contribution in [0.2, 0.25) is 5.02 Å². The van der Waals surface area contributed by atoms with Gasteiger partial charge in [-0.1, -0.05) is 23.7 Å². The predicted molar refractivity (Wildman–Crippen MR) is 90.9 cm³/mol. The molecule has 2 N–H and O–H groups in total. The van der Waals surface area contributed by atoms with Crippen LogP contribution in [0, 0.1) is 0 Å². The normalized spacial score (nSPS) is 11.0. The van der Waals surface area contributed by atoms with E-state index in [4.69, 9.17) is 21.1 Å². The molecule has 0 unspecified atom stereocenters. The molecule has 1 aromatic heterocycles. The van der Waals surface area contributed by atoms with Crippen LogP contribution in [0.1, 0.15) is 29.9 Å². The van der Waals surface area contributed by atoms with E-state index in [1.165, 1.54) is 0 Å². The number of rotatable bonds is 8. The van der Waals surface area contributed by atoms with Crippen molar-refractivity contribution in [3.8, 4) is 0 Å². The smallest absolute Gasteiger partial charge is 0.272 e. The maximum Gasteiger partial charge on any atom is 0.272 e. The molecule has 0 saturated heterocycles. The van der Waals surface area contributed by atoms with Crippen molar-refractivity contribution in [2.45, 2.75) is 26.6 Å². The van der Waals surface area contributed by atoms with Gasteiger partial charge in [-0.3, -0.25) is 4.79 Å². The van der Waals surface area contributed by atoms with Crippen LogP contribution in [0.25, 0.3) is 0 Å². The molecule has 1 aromatic carbocycles. The van der Waals surface area contributed by atoms with Gasteiger partial charge < -0.3 is 19.8 Å². The molecule has 124 valence electrons. The molecule has 0 aliphatic heterocycles. The van der Waals surface area contributed by atoms with Gasteiger partial charge in [-0.15, -0.1) is 0 Å². The van der Waals surface area contributed by atoms with Crippen LogP contribution in [0.5, 0.6) is 0 Å². The highest BCUT2D eigenvalue weighted by Crippen LogP contribution is 2.15. The Morgan fingerprint density at radius 1 is 1.30 bits per heavy atom. The van der Waals surface area contributed by atoms with E-state index in [-0.39, 0.29) is 12.0 Å². The Morgan fingerprint density at radius 3 is 2.83 bits per heavy atom. The number of carbonyl (C=O) groups excluding carboxylic acids is 1. The zero-order chi connectivity index (χ0) is 16.7. The summed E-state index contributed by atoms with van der Waals surface area (Å²) in [4.78, 5) is 14.9. The molecule has 1 heterocycles. The van der Waals surface area contributed by atoms with E-state index in [1.54, 1.807) is 12.3 Å². The second-order valence-electron chi connectivity index (χ2n) is 5.36. The van der Waals surface area contributed by atoms with E-state index >= 15 is 0 Å². The van der Waals surface area contributed by atoms with Gasteiger partial charge in [-0.05, 0) is 37.6 Å². The Bertz CT molecular complexity index is 640. The van der Waals surface area contributed by atoms with Gasteiger partial charge in [-0.25, -0.2) is 0 Å². The zero-order valence-corrected chi connectivity index (χ0v) is 14.0. The summed E-state index contributed by atoms with van der Waals surface area (Å²) in [6.45, 7) is 5.56. The lowest BCUT2D eigenvalue weighted by Gasteiger charge is -2.09. The van der Waals surface area contributed by atoms with Crippen LogP contribution in [0.4, 0.5) is 5.69 Å². The van der Waals surface area contributed by atoms with E-state index < -0.39 is 0 Å². The average molecular weight is 337 g/mol. The van der Waals surface area contributed by atoms with Crippen molar-refractivity contribution in [2.75, 3.05) is 18.5 Å². The minimum atomic E-state index is -0.236. The fourth-order valence-electron chi connectivity index (χ4n) is 1.97. The fraction of sp³-hybridized carbons (Fsp3) is 0.353. The molecule has 0 aliphatic rings. The second-order valence-corrected chi connectivity index (χ2v) is 5.79. The van der Waals surface area contributed by atoms with Crippen molar-refractivity contribution in [2.24, 2.45) is 0 Å². The minimum absolute atomic E-state index is 0.207. The third kappa shape index (κ3) is 6.06. The largest absolute Gasteiger partial charge is 0.376 e. The molecule has 0 radical (unpaired) electrons. The first kappa shape index (κ1) is 17.5. The van der Waals surface area contributed by atoms with Crippen molar-refractivity contribution in [1.29, 1.82) is 0 Å². The summed E-state index contributed by atoms with van der Waals surface area (Å²) in [5.41, 5.74) is 2.11. The molecule has 0 saturated carbocycles. The van der Waals surface area contributed by atoms with E-state index in [0.717, 1.165) is 5.56 Å². The Morgan fingerprint density at radius 2 is 2.13 bits per heavy atom.